The van der Waals surface area contributed by atoms with E-state index in [1.165, 1.54) is 11.8 Å². The molecule has 4 nitrogen and oxygen atoms in total. The van der Waals surface area contributed by atoms with Crippen molar-refractivity contribution in [2.75, 3.05) is 5.32 Å². The molecule has 2 N–H and O–H groups in total. The van der Waals surface area contributed by atoms with Crippen LogP contribution in [-0.4, -0.2) is 16.0 Å². The summed E-state index contributed by atoms with van der Waals surface area (Å²) in [5.74, 6) is -0.405. The van der Waals surface area contributed by atoms with Crippen LogP contribution in [0.5, 0.6) is 5.75 Å². The third-order valence-corrected chi connectivity index (χ3v) is 6.74. The van der Waals surface area contributed by atoms with E-state index in [2.05, 4.69) is 10.3 Å². The van der Waals surface area contributed by atoms with E-state index in [9.17, 15) is 9.90 Å². The number of nitrogens with zero attached hydrogens (tertiary/aromatic N) is 1. The number of aryl methyl sites for hydroxylation is 1. The molecule has 0 fully saturated rings. The van der Waals surface area contributed by atoms with Crippen molar-refractivity contribution in [2.45, 2.75) is 16.2 Å². The molecule has 3 aromatic carbocycles. The summed E-state index contributed by atoms with van der Waals surface area (Å²) in [7, 11) is 0. The molecular weight excluding hydrogens is 412 g/mol. The molecule has 4 aromatic rings. The van der Waals surface area contributed by atoms with Gasteiger partial charge in [0.2, 0.25) is 0 Å². The SMILES string of the molecule is Cc1cccc(C(=O)Nc2ccc(Sc3nc4ccccc4s3)c(Cl)c2)c1O. The number of rotatable bonds is 4. The Morgan fingerprint density at radius 3 is 2.75 bits per heavy atom. The van der Waals surface area contributed by atoms with Gasteiger partial charge in [0.15, 0.2) is 4.34 Å². The average Bonchev–Trinajstić information content (AvgIpc) is 3.08. The Hall–Kier alpha value is -2.54. The normalized spacial score (nSPS) is 10.9. The Morgan fingerprint density at radius 2 is 1.96 bits per heavy atom. The topological polar surface area (TPSA) is 62.2 Å². The Labute approximate surface area is 175 Å². The number of fused-ring (bicyclic) bond motifs is 1. The second-order valence-electron chi connectivity index (χ2n) is 6.12. The smallest absolute Gasteiger partial charge is 0.259 e. The predicted octanol–water partition coefficient (Wildman–Crippen LogP) is 6.37. The Morgan fingerprint density at radius 1 is 1.14 bits per heavy atom. The van der Waals surface area contributed by atoms with Crippen molar-refractivity contribution in [3.8, 4) is 5.75 Å². The average molecular weight is 427 g/mol. The summed E-state index contributed by atoms with van der Waals surface area (Å²) >= 11 is 9.52. The lowest BCUT2D eigenvalue weighted by Gasteiger charge is -2.10. The fourth-order valence-electron chi connectivity index (χ4n) is 2.69. The first-order valence-electron chi connectivity index (χ1n) is 8.44. The van der Waals surface area contributed by atoms with Crippen molar-refractivity contribution in [3.63, 3.8) is 0 Å². The zero-order chi connectivity index (χ0) is 19.7. The highest BCUT2D eigenvalue weighted by molar-refractivity contribution is 8.01. The molecule has 0 saturated carbocycles. The van der Waals surface area contributed by atoms with Crippen LogP contribution in [0.4, 0.5) is 5.69 Å². The zero-order valence-corrected chi connectivity index (χ0v) is 17.2. The highest BCUT2D eigenvalue weighted by Gasteiger charge is 2.14. The molecule has 0 atom stereocenters. The predicted molar refractivity (Wildman–Crippen MR) is 116 cm³/mol. The molecular formula is C21H15ClN2O2S2. The van der Waals surface area contributed by atoms with Crippen LogP contribution in [0.25, 0.3) is 10.2 Å². The summed E-state index contributed by atoms with van der Waals surface area (Å²) in [5.41, 5.74) is 2.40. The first kappa shape index (κ1) is 18.8. The molecule has 1 aromatic heterocycles. The second kappa shape index (κ2) is 7.83. The maximum Gasteiger partial charge on any atom is 0.259 e. The number of anilines is 1. The van der Waals surface area contributed by atoms with E-state index in [1.54, 1.807) is 48.6 Å². The van der Waals surface area contributed by atoms with Gasteiger partial charge in [-0.2, -0.15) is 0 Å². The van der Waals surface area contributed by atoms with Crippen molar-refractivity contribution in [1.29, 1.82) is 0 Å². The maximum absolute atomic E-state index is 12.4. The summed E-state index contributed by atoms with van der Waals surface area (Å²) in [6.45, 7) is 1.75. The fraction of sp³-hybridized carbons (Fsp3) is 0.0476. The van der Waals surface area contributed by atoms with Crippen LogP contribution < -0.4 is 5.32 Å². The molecule has 0 aliphatic rings. The van der Waals surface area contributed by atoms with Crippen LogP contribution in [0.15, 0.2) is 69.9 Å². The number of phenolic OH excluding ortho intramolecular Hbond substituents is 1. The van der Waals surface area contributed by atoms with Gasteiger partial charge in [-0.15, -0.1) is 11.3 Å². The quantitative estimate of drug-likeness (QED) is 0.398. The largest absolute Gasteiger partial charge is 0.507 e. The van der Waals surface area contributed by atoms with Crippen LogP contribution in [-0.2, 0) is 0 Å². The van der Waals surface area contributed by atoms with E-state index in [0.29, 0.717) is 16.3 Å². The van der Waals surface area contributed by atoms with E-state index in [1.807, 2.05) is 30.3 Å². The lowest BCUT2D eigenvalue weighted by molar-refractivity contribution is 0.102. The molecule has 4 rings (SSSR count). The number of hydrogen-bond acceptors (Lipinski definition) is 5. The van der Waals surface area contributed by atoms with Crippen molar-refractivity contribution in [1.82, 2.24) is 4.98 Å². The van der Waals surface area contributed by atoms with Gasteiger partial charge in [-0.05, 0) is 48.9 Å². The van der Waals surface area contributed by atoms with E-state index >= 15 is 0 Å². The third-order valence-electron chi connectivity index (χ3n) is 4.14. The minimum absolute atomic E-state index is 0.0193. The van der Waals surface area contributed by atoms with Crippen LogP contribution in [0.2, 0.25) is 5.02 Å². The molecule has 0 unspecified atom stereocenters. The lowest BCUT2D eigenvalue weighted by atomic mass is 10.1. The summed E-state index contributed by atoms with van der Waals surface area (Å²) < 4.78 is 2.03. The summed E-state index contributed by atoms with van der Waals surface area (Å²) in [6, 6.07) is 18.4. The van der Waals surface area contributed by atoms with E-state index in [4.69, 9.17) is 11.6 Å². The van der Waals surface area contributed by atoms with E-state index in [0.717, 1.165) is 19.5 Å². The van der Waals surface area contributed by atoms with Crippen molar-refractivity contribution < 1.29 is 9.90 Å². The van der Waals surface area contributed by atoms with Gasteiger partial charge in [-0.3, -0.25) is 4.79 Å². The van der Waals surface area contributed by atoms with Gasteiger partial charge in [0.25, 0.3) is 5.91 Å². The number of aromatic nitrogens is 1. The molecule has 0 spiro atoms. The Kier molecular flexibility index (Phi) is 5.26. The number of aromatic hydroxyl groups is 1. The molecule has 0 bridgehead atoms. The molecule has 0 radical (unpaired) electrons. The van der Waals surface area contributed by atoms with Crippen LogP contribution in [0, 0.1) is 6.92 Å². The number of hydrogen-bond donors (Lipinski definition) is 2. The molecule has 7 heteroatoms. The van der Waals surface area contributed by atoms with Crippen LogP contribution >= 0.6 is 34.7 Å². The van der Waals surface area contributed by atoms with Gasteiger partial charge in [0.05, 0.1) is 20.8 Å². The number of nitrogens with one attached hydrogen (secondary N) is 1. The number of benzene rings is 3. The van der Waals surface area contributed by atoms with Crippen LogP contribution in [0.3, 0.4) is 0 Å². The standard InChI is InChI=1S/C21H15ClN2O2S2/c1-12-5-4-6-14(19(12)25)20(26)23-13-9-10-17(15(22)11-13)27-21-24-16-7-2-3-8-18(16)28-21/h2-11,25H,1H3,(H,23,26). The van der Waals surface area contributed by atoms with Crippen molar-refractivity contribution >= 4 is 56.5 Å². The number of thiazole rings is 1. The molecule has 0 aliphatic carbocycles. The summed E-state index contributed by atoms with van der Waals surface area (Å²) in [4.78, 5) is 17.9. The van der Waals surface area contributed by atoms with Gasteiger partial charge < -0.3 is 10.4 Å². The van der Waals surface area contributed by atoms with Gasteiger partial charge in [0, 0.05) is 10.6 Å². The molecule has 1 heterocycles. The number of carbonyl (C=O) groups is 1. The molecule has 140 valence electrons. The number of amides is 1. The van der Waals surface area contributed by atoms with E-state index < -0.39 is 0 Å². The molecule has 28 heavy (non-hydrogen) atoms. The first-order valence-corrected chi connectivity index (χ1v) is 10.5. The highest BCUT2D eigenvalue weighted by Crippen LogP contribution is 2.38. The molecule has 1 amide bonds. The molecule has 0 aliphatic heterocycles. The summed E-state index contributed by atoms with van der Waals surface area (Å²) in [6.07, 6.45) is 0. The molecule has 0 saturated heterocycles. The monoisotopic (exact) mass is 426 g/mol. The zero-order valence-electron chi connectivity index (χ0n) is 14.8. The fourth-order valence-corrected chi connectivity index (χ4v) is 5.01. The third kappa shape index (κ3) is 3.85. The number of phenols is 1. The van der Waals surface area contributed by atoms with Crippen molar-refractivity contribution in [2.24, 2.45) is 0 Å². The van der Waals surface area contributed by atoms with Gasteiger partial charge in [-0.1, -0.05) is 47.6 Å². The number of halogens is 1. The Bertz CT molecular complexity index is 1160. The van der Waals surface area contributed by atoms with E-state index in [-0.39, 0.29) is 17.2 Å². The number of para-hydroxylation sites is 2. The Balaban J connectivity index is 1.52. The highest BCUT2D eigenvalue weighted by atomic mass is 35.5. The van der Waals surface area contributed by atoms with Gasteiger partial charge in [-0.25, -0.2) is 4.98 Å². The van der Waals surface area contributed by atoms with Crippen molar-refractivity contribution in [3.05, 3.63) is 76.8 Å². The van der Waals surface area contributed by atoms with Gasteiger partial charge >= 0.3 is 0 Å². The maximum atomic E-state index is 12.4. The second-order valence-corrected chi connectivity index (χ2v) is 8.85. The minimum Gasteiger partial charge on any atom is -0.507 e. The number of carbonyl (C=O) groups excluding carboxylic acids is 1. The summed E-state index contributed by atoms with van der Waals surface area (Å²) in [5, 5.41) is 13.4. The lowest BCUT2D eigenvalue weighted by Crippen LogP contribution is -2.12. The minimum atomic E-state index is -0.385. The van der Waals surface area contributed by atoms with Gasteiger partial charge in [0.1, 0.15) is 5.75 Å². The first-order chi connectivity index (χ1) is 13.5. The van der Waals surface area contributed by atoms with Crippen LogP contribution in [0.1, 0.15) is 15.9 Å².